The van der Waals surface area contributed by atoms with E-state index in [9.17, 15) is 0 Å². The van der Waals surface area contributed by atoms with E-state index in [1.807, 2.05) is 12.1 Å². The van der Waals surface area contributed by atoms with Gasteiger partial charge in [0.1, 0.15) is 0 Å². The lowest BCUT2D eigenvalue weighted by Gasteiger charge is -2.18. The number of hydrogen-bond acceptors (Lipinski definition) is 5. The summed E-state index contributed by atoms with van der Waals surface area (Å²) < 4.78 is 0. The summed E-state index contributed by atoms with van der Waals surface area (Å²) in [7, 11) is 0. The van der Waals surface area contributed by atoms with Gasteiger partial charge < -0.3 is 10.2 Å². The lowest BCUT2D eigenvalue weighted by molar-refractivity contribution is 0.796. The van der Waals surface area contributed by atoms with Crippen LogP contribution in [0.3, 0.4) is 0 Å². The fourth-order valence-electron chi connectivity index (χ4n) is 2.02. The van der Waals surface area contributed by atoms with Gasteiger partial charge in [-0.3, -0.25) is 0 Å². The van der Waals surface area contributed by atoms with Gasteiger partial charge in [0.15, 0.2) is 5.82 Å². The van der Waals surface area contributed by atoms with Gasteiger partial charge in [0.05, 0.1) is 6.20 Å². The number of anilines is 3. The summed E-state index contributed by atoms with van der Waals surface area (Å²) >= 11 is 0. The predicted molar refractivity (Wildman–Crippen MR) is 82.6 cm³/mol. The Hall–Kier alpha value is -2.17. The van der Waals surface area contributed by atoms with Crippen LogP contribution < -0.4 is 10.2 Å². The van der Waals surface area contributed by atoms with Crippen LogP contribution >= 0.6 is 0 Å². The van der Waals surface area contributed by atoms with E-state index in [4.69, 9.17) is 0 Å². The lowest BCUT2D eigenvalue weighted by Crippen LogP contribution is -2.24. The van der Waals surface area contributed by atoms with E-state index < -0.39 is 0 Å². The van der Waals surface area contributed by atoms with Crippen LogP contribution in [-0.2, 0) is 0 Å². The average Bonchev–Trinajstić information content (AvgIpc) is 2.46. The maximum absolute atomic E-state index is 4.52. The Kier molecular flexibility index (Phi) is 4.50. The van der Waals surface area contributed by atoms with E-state index in [0.717, 1.165) is 24.6 Å². The minimum absolute atomic E-state index is 0.658. The van der Waals surface area contributed by atoms with Crippen molar-refractivity contribution in [2.75, 3.05) is 23.3 Å². The first-order valence-corrected chi connectivity index (χ1v) is 6.93. The highest BCUT2D eigenvalue weighted by molar-refractivity contribution is 5.61. The molecule has 2 rings (SSSR count). The van der Waals surface area contributed by atoms with Crippen LogP contribution in [-0.4, -0.2) is 28.3 Å². The van der Waals surface area contributed by atoms with Crippen LogP contribution in [0.5, 0.6) is 0 Å². The van der Waals surface area contributed by atoms with E-state index in [2.05, 4.69) is 59.2 Å². The molecule has 20 heavy (non-hydrogen) atoms. The third-order valence-electron chi connectivity index (χ3n) is 3.46. The van der Waals surface area contributed by atoms with Crippen molar-refractivity contribution < 1.29 is 0 Å². The molecular weight excluding hydrogens is 250 g/mol. The Morgan fingerprint density at radius 3 is 2.60 bits per heavy atom. The molecule has 1 N–H and O–H groups in total. The molecule has 0 unspecified atom stereocenters. The third kappa shape index (κ3) is 3.04. The Balaban J connectivity index is 2.26. The van der Waals surface area contributed by atoms with Crippen molar-refractivity contribution in [3.63, 3.8) is 0 Å². The van der Waals surface area contributed by atoms with E-state index in [0.29, 0.717) is 5.95 Å². The number of aryl methyl sites for hydroxylation is 1. The van der Waals surface area contributed by atoms with Crippen molar-refractivity contribution in [2.24, 2.45) is 0 Å². The summed E-state index contributed by atoms with van der Waals surface area (Å²) in [4.78, 5) is 6.59. The fraction of sp³-hybridized carbons (Fsp3) is 0.400. The van der Waals surface area contributed by atoms with Gasteiger partial charge in [-0.05, 0) is 44.9 Å². The topological polar surface area (TPSA) is 53.9 Å². The first kappa shape index (κ1) is 14.2. The highest BCUT2D eigenvalue weighted by atomic mass is 15.3. The van der Waals surface area contributed by atoms with Crippen LogP contribution in [0, 0.1) is 13.8 Å². The van der Waals surface area contributed by atoms with E-state index in [-0.39, 0.29) is 0 Å². The molecule has 0 aliphatic heterocycles. The molecule has 0 atom stereocenters. The fourth-order valence-corrected chi connectivity index (χ4v) is 2.02. The van der Waals surface area contributed by atoms with Crippen molar-refractivity contribution in [1.82, 2.24) is 15.2 Å². The molecule has 0 saturated carbocycles. The molecule has 0 aliphatic rings. The minimum Gasteiger partial charge on any atom is -0.340 e. The Labute approximate surface area is 120 Å². The quantitative estimate of drug-likeness (QED) is 0.905. The minimum atomic E-state index is 0.658. The summed E-state index contributed by atoms with van der Waals surface area (Å²) in [6.45, 7) is 10.1. The van der Waals surface area contributed by atoms with Crippen molar-refractivity contribution in [3.8, 4) is 0 Å². The monoisotopic (exact) mass is 271 g/mol. The molecule has 1 aromatic carbocycles. The Bertz CT molecular complexity index is 578. The zero-order chi connectivity index (χ0) is 14.5. The first-order valence-electron chi connectivity index (χ1n) is 6.93. The van der Waals surface area contributed by atoms with Crippen molar-refractivity contribution in [3.05, 3.63) is 35.5 Å². The van der Waals surface area contributed by atoms with Crippen LogP contribution in [0.25, 0.3) is 0 Å². The van der Waals surface area contributed by atoms with Gasteiger partial charge in [-0.2, -0.15) is 10.1 Å². The average molecular weight is 271 g/mol. The number of nitrogens with zero attached hydrogens (tertiary/aromatic N) is 4. The SMILES string of the molecule is CCN(CC)c1nncc(Nc2cccc(C)c2C)n1. The predicted octanol–water partition coefficient (Wildman–Crippen LogP) is 3.08. The molecule has 0 saturated heterocycles. The number of hydrogen-bond donors (Lipinski definition) is 1. The first-order chi connectivity index (χ1) is 9.65. The summed E-state index contributed by atoms with van der Waals surface area (Å²) in [6.07, 6.45) is 1.65. The molecule has 0 amide bonds. The smallest absolute Gasteiger partial charge is 0.247 e. The molecule has 0 aliphatic carbocycles. The zero-order valence-corrected chi connectivity index (χ0v) is 12.5. The number of nitrogens with one attached hydrogen (secondary N) is 1. The maximum atomic E-state index is 4.52. The molecule has 5 nitrogen and oxygen atoms in total. The van der Waals surface area contributed by atoms with Crippen molar-refractivity contribution in [1.29, 1.82) is 0 Å². The highest BCUT2D eigenvalue weighted by Gasteiger charge is 2.08. The molecule has 0 bridgehead atoms. The molecule has 2 aromatic rings. The summed E-state index contributed by atoms with van der Waals surface area (Å²) in [5, 5.41) is 11.4. The van der Waals surface area contributed by atoms with Crippen LogP contribution in [0.2, 0.25) is 0 Å². The van der Waals surface area contributed by atoms with Gasteiger partial charge >= 0.3 is 0 Å². The summed E-state index contributed by atoms with van der Waals surface area (Å²) in [6, 6.07) is 6.17. The van der Waals surface area contributed by atoms with E-state index >= 15 is 0 Å². The molecule has 0 spiro atoms. The largest absolute Gasteiger partial charge is 0.340 e. The summed E-state index contributed by atoms with van der Waals surface area (Å²) in [5.41, 5.74) is 3.52. The van der Waals surface area contributed by atoms with Gasteiger partial charge in [-0.25, -0.2) is 0 Å². The third-order valence-corrected chi connectivity index (χ3v) is 3.46. The highest BCUT2D eigenvalue weighted by Crippen LogP contribution is 2.21. The number of benzene rings is 1. The molecule has 0 radical (unpaired) electrons. The van der Waals surface area contributed by atoms with Crippen LogP contribution in [0.4, 0.5) is 17.5 Å². The number of aromatic nitrogens is 3. The van der Waals surface area contributed by atoms with Crippen molar-refractivity contribution >= 4 is 17.5 Å². The van der Waals surface area contributed by atoms with Crippen molar-refractivity contribution in [2.45, 2.75) is 27.7 Å². The summed E-state index contributed by atoms with van der Waals surface area (Å²) in [5.74, 6) is 1.38. The Morgan fingerprint density at radius 1 is 1.15 bits per heavy atom. The molecule has 1 heterocycles. The molecular formula is C15H21N5. The Morgan fingerprint density at radius 2 is 1.90 bits per heavy atom. The van der Waals surface area contributed by atoms with Crippen LogP contribution in [0.1, 0.15) is 25.0 Å². The van der Waals surface area contributed by atoms with Gasteiger partial charge in [0.25, 0.3) is 0 Å². The second-order valence-corrected chi connectivity index (χ2v) is 4.69. The molecule has 1 aromatic heterocycles. The van der Waals surface area contributed by atoms with Crippen LogP contribution in [0.15, 0.2) is 24.4 Å². The second kappa shape index (κ2) is 6.32. The van der Waals surface area contributed by atoms with Gasteiger partial charge in [-0.15, -0.1) is 5.10 Å². The standard InChI is InChI=1S/C15H21N5/c1-5-20(6-2)15-18-14(10-16-19-15)17-13-9-7-8-11(3)12(13)4/h7-10H,5-6H2,1-4H3,(H,17,18,19). The normalized spacial score (nSPS) is 10.4. The van der Waals surface area contributed by atoms with E-state index in [1.165, 1.54) is 11.1 Å². The van der Waals surface area contributed by atoms with Gasteiger partial charge in [-0.1, -0.05) is 12.1 Å². The zero-order valence-electron chi connectivity index (χ0n) is 12.5. The molecule has 0 fully saturated rings. The number of rotatable bonds is 5. The maximum Gasteiger partial charge on any atom is 0.247 e. The van der Waals surface area contributed by atoms with Gasteiger partial charge in [0.2, 0.25) is 5.95 Å². The second-order valence-electron chi connectivity index (χ2n) is 4.69. The van der Waals surface area contributed by atoms with Gasteiger partial charge in [0, 0.05) is 18.8 Å². The van der Waals surface area contributed by atoms with E-state index in [1.54, 1.807) is 6.20 Å². The lowest BCUT2D eigenvalue weighted by atomic mass is 10.1. The molecule has 5 heteroatoms. The molecule has 106 valence electrons.